The van der Waals surface area contributed by atoms with Crippen LogP contribution in [0.3, 0.4) is 0 Å². The van der Waals surface area contributed by atoms with Crippen molar-refractivity contribution < 1.29 is 19.2 Å². The van der Waals surface area contributed by atoms with E-state index in [1.54, 1.807) is 11.8 Å². The topological polar surface area (TPSA) is 85.2 Å². The number of ether oxygens (including phenoxy) is 1. The van der Waals surface area contributed by atoms with Crippen LogP contribution < -0.4 is 15.0 Å². The van der Waals surface area contributed by atoms with Gasteiger partial charge in [0.2, 0.25) is 10.7 Å². The monoisotopic (exact) mass is 392 g/mol. The molecule has 0 bridgehead atoms. The third-order valence-corrected chi connectivity index (χ3v) is 5.31. The first-order valence-corrected chi connectivity index (χ1v) is 9.93. The second kappa shape index (κ2) is 8.43. The van der Waals surface area contributed by atoms with E-state index >= 15 is 0 Å². The molecule has 0 saturated carbocycles. The van der Waals surface area contributed by atoms with Crippen molar-refractivity contribution in [1.29, 1.82) is 0 Å². The van der Waals surface area contributed by atoms with Gasteiger partial charge in [0.25, 0.3) is 0 Å². The van der Waals surface area contributed by atoms with E-state index in [1.807, 2.05) is 25.1 Å². The van der Waals surface area contributed by atoms with Gasteiger partial charge >= 0.3 is 6.09 Å². The molecule has 146 valence electrons. The molecule has 1 aliphatic rings. The fraction of sp³-hybridized carbons (Fsp3) is 0.500. The zero-order valence-electron chi connectivity index (χ0n) is 15.7. The molecule has 1 atom stereocenters. The molecule has 1 aliphatic heterocycles. The van der Waals surface area contributed by atoms with Crippen molar-refractivity contribution in [3.05, 3.63) is 23.0 Å². The van der Waals surface area contributed by atoms with Crippen LogP contribution in [0.1, 0.15) is 27.2 Å². The molecule has 3 rings (SSSR count). The lowest BCUT2D eigenvalue weighted by Gasteiger charge is -2.13. The number of fused-ring (bicyclic) bond motifs is 1. The lowest BCUT2D eigenvalue weighted by atomic mass is 10.2. The number of thiazole rings is 1. The Morgan fingerprint density at radius 2 is 2.22 bits per heavy atom. The zero-order valence-corrected chi connectivity index (χ0v) is 16.5. The number of carbonyl (C=O) groups is 2. The molecular formula is C18H24N4O4S. The first-order chi connectivity index (χ1) is 13.1. The van der Waals surface area contributed by atoms with Crippen molar-refractivity contribution >= 4 is 39.2 Å². The van der Waals surface area contributed by atoms with Crippen LogP contribution in [0.5, 0.6) is 0 Å². The van der Waals surface area contributed by atoms with Gasteiger partial charge in [0.05, 0.1) is 23.3 Å². The summed E-state index contributed by atoms with van der Waals surface area (Å²) < 4.78 is 8.46. The van der Waals surface area contributed by atoms with Gasteiger partial charge in [-0.2, -0.15) is 0 Å². The van der Waals surface area contributed by atoms with Crippen LogP contribution in [0.25, 0.3) is 10.2 Å². The normalized spacial score (nSPS) is 17.4. The van der Waals surface area contributed by atoms with Gasteiger partial charge in [-0.1, -0.05) is 23.4 Å². The summed E-state index contributed by atoms with van der Waals surface area (Å²) in [4.78, 5) is 31.2. The molecule has 1 saturated heterocycles. The predicted octanol–water partition coefficient (Wildman–Crippen LogP) is 2.43. The Morgan fingerprint density at radius 3 is 2.93 bits per heavy atom. The number of nitrogens with zero attached hydrogens (tertiary/aromatic N) is 3. The van der Waals surface area contributed by atoms with Crippen molar-refractivity contribution in [2.24, 2.45) is 5.16 Å². The second-order valence-corrected chi connectivity index (χ2v) is 7.07. The second-order valence-electron chi connectivity index (χ2n) is 6.06. The summed E-state index contributed by atoms with van der Waals surface area (Å²) in [5, 5.41) is 6.94. The fourth-order valence-electron chi connectivity index (χ4n) is 2.92. The maximum absolute atomic E-state index is 12.3. The van der Waals surface area contributed by atoms with Gasteiger partial charge in [-0.05, 0) is 32.0 Å². The number of anilines is 1. The fourth-order valence-corrected chi connectivity index (χ4v) is 4.00. The molecule has 1 fully saturated rings. The van der Waals surface area contributed by atoms with Gasteiger partial charge in [-0.15, -0.1) is 0 Å². The van der Waals surface area contributed by atoms with Crippen LogP contribution in [-0.4, -0.2) is 42.4 Å². The number of rotatable bonds is 7. The third-order valence-electron chi connectivity index (χ3n) is 4.29. The quantitative estimate of drug-likeness (QED) is 0.734. The van der Waals surface area contributed by atoms with E-state index in [0.717, 1.165) is 27.3 Å². The maximum Gasteiger partial charge on any atom is 0.414 e. The highest BCUT2D eigenvalue weighted by Gasteiger charge is 2.32. The van der Waals surface area contributed by atoms with E-state index in [-0.39, 0.29) is 12.0 Å². The molecule has 0 spiro atoms. The van der Waals surface area contributed by atoms with E-state index < -0.39 is 6.09 Å². The van der Waals surface area contributed by atoms with Gasteiger partial charge < -0.3 is 19.5 Å². The molecular weight excluding hydrogens is 368 g/mol. The minimum Gasteiger partial charge on any atom is -0.442 e. The van der Waals surface area contributed by atoms with Crippen LogP contribution >= 0.6 is 11.3 Å². The summed E-state index contributed by atoms with van der Waals surface area (Å²) in [5.41, 5.74) is 1.81. The van der Waals surface area contributed by atoms with Gasteiger partial charge in [-0.3, -0.25) is 9.69 Å². The number of amides is 2. The Bertz CT molecular complexity index is 904. The summed E-state index contributed by atoms with van der Waals surface area (Å²) in [6.45, 7) is 7.75. The lowest BCUT2D eigenvalue weighted by Crippen LogP contribution is -2.34. The summed E-state index contributed by atoms with van der Waals surface area (Å²) >= 11 is 1.52. The molecule has 8 nitrogen and oxygen atoms in total. The first-order valence-electron chi connectivity index (χ1n) is 9.11. The number of carbonyl (C=O) groups excluding carboxylic acids is 2. The maximum atomic E-state index is 12.3. The number of hydrogen-bond acceptors (Lipinski definition) is 6. The highest BCUT2D eigenvalue weighted by molar-refractivity contribution is 7.16. The molecule has 1 aromatic heterocycles. The number of hydrogen-bond donors (Lipinski definition) is 1. The molecule has 0 radical (unpaired) electrons. The van der Waals surface area contributed by atoms with Crippen molar-refractivity contribution in [1.82, 2.24) is 9.88 Å². The Balaban J connectivity index is 1.83. The van der Waals surface area contributed by atoms with Gasteiger partial charge in [0.1, 0.15) is 12.7 Å². The molecule has 27 heavy (non-hydrogen) atoms. The Hall–Kier alpha value is -2.55. The molecule has 2 aromatic rings. The highest BCUT2D eigenvalue weighted by Crippen LogP contribution is 2.27. The third kappa shape index (κ3) is 4.08. The van der Waals surface area contributed by atoms with E-state index in [0.29, 0.717) is 26.1 Å². The average Bonchev–Trinajstić information content (AvgIpc) is 3.23. The standard InChI is InChI=1S/C18H24N4O4S/c1-4-16(23)19-10-13-11-22(18(24)26-13)12-7-8-14-15(9-12)27-17(20-25-6-3)21(14)5-2/h7-9,13H,4-6,10-11H2,1-3H3,(H,19,23). The highest BCUT2D eigenvalue weighted by atomic mass is 32.1. The van der Waals surface area contributed by atoms with Crippen molar-refractivity contribution in [2.45, 2.75) is 39.8 Å². The Kier molecular flexibility index (Phi) is 6.00. The largest absolute Gasteiger partial charge is 0.442 e. The van der Waals surface area contributed by atoms with Gasteiger partial charge in [0, 0.05) is 18.7 Å². The summed E-state index contributed by atoms with van der Waals surface area (Å²) in [6, 6.07) is 5.85. The van der Waals surface area contributed by atoms with Gasteiger partial charge in [0.15, 0.2) is 0 Å². The van der Waals surface area contributed by atoms with E-state index in [4.69, 9.17) is 9.57 Å². The SMILES string of the molecule is CCON=c1sc2cc(N3CC(CNC(=O)CC)OC3=O)ccc2n1CC. The van der Waals surface area contributed by atoms with Crippen molar-refractivity contribution in [3.63, 3.8) is 0 Å². The molecule has 1 aromatic carbocycles. The number of benzene rings is 1. The van der Waals surface area contributed by atoms with Crippen LogP contribution in [0.2, 0.25) is 0 Å². The number of nitrogens with one attached hydrogen (secondary N) is 1. The minimum atomic E-state index is -0.399. The summed E-state index contributed by atoms with van der Waals surface area (Å²) in [5.74, 6) is -0.0563. The predicted molar refractivity (Wildman–Crippen MR) is 104 cm³/mol. The van der Waals surface area contributed by atoms with Crippen molar-refractivity contribution in [2.75, 3.05) is 24.6 Å². The molecule has 1 N–H and O–H groups in total. The molecule has 9 heteroatoms. The summed E-state index contributed by atoms with van der Waals surface area (Å²) in [7, 11) is 0. The minimum absolute atomic E-state index is 0.0563. The van der Waals surface area contributed by atoms with Crippen LogP contribution in [-0.2, 0) is 20.9 Å². The average molecular weight is 392 g/mol. The number of aryl methyl sites for hydroxylation is 1. The molecule has 1 unspecified atom stereocenters. The van der Waals surface area contributed by atoms with Crippen LogP contribution in [0.15, 0.2) is 23.4 Å². The van der Waals surface area contributed by atoms with Crippen molar-refractivity contribution in [3.8, 4) is 0 Å². The number of aromatic nitrogens is 1. The molecule has 2 heterocycles. The summed E-state index contributed by atoms with van der Waals surface area (Å²) in [6.07, 6.45) is -0.341. The smallest absolute Gasteiger partial charge is 0.414 e. The van der Waals surface area contributed by atoms with Gasteiger partial charge in [-0.25, -0.2) is 4.79 Å². The zero-order chi connectivity index (χ0) is 19.4. The molecule has 2 amide bonds. The van der Waals surface area contributed by atoms with Crippen LogP contribution in [0.4, 0.5) is 10.5 Å². The number of cyclic esters (lactones) is 1. The van der Waals surface area contributed by atoms with Crippen LogP contribution in [0, 0.1) is 0 Å². The first kappa shape index (κ1) is 19.2. The Morgan fingerprint density at radius 1 is 1.41 bits per heavy atom. The van der Waals surface area contributed by atoms with E-state index in [1.165, 1.54) is 11.3 Å². The van der Waals surface area contributed by atoms with E-state index in [9.17, 15) is 9.59 Å². The Labute approximate surface area is 161 Å². The molecule has 0 aliphatic carbocycles. The lowest BCUT2D eigenvalue weighted by molar-refractivity contribution is -0.121. The van der Waals surface area contributed by atoms with E-state index in [2.05, 4.69) is 22.0 Å².